The first kappa shape index (κ1) is 23.5. The normalized spacial score (nSPS) is 17.8. The second-order valence-corrected chi connectivity index (χ2v) is 9.35. The monoisotopic (exact) mass is 466 g/mol. The molecule has 0 atom stereocenters. The van der Waals surface area contributed by atoms with Gasteiger partial charge in [-0.15, -0.1) is 0 Å². The van der Waals surface area contributed by atoms with Gasteiger partial charge in [-0.3, -0.25) is 9.69 Å². The van der Waals surface area contributed by atoms with Crippen LogP contribution in [0.2, 0.25) is 5.02 Å². The van der Waals surface area contributed by atoms with Gasteiger partial charge in [-0.1, -0.05) is 41.9 Å². The number of piperidine rings is 1. The maximum atomic E-state index is 12.1. The van der Waals surface area contributed by atoms with Crippen molar-refractivity contribution in [1.29, 1.82) is 0 Å². The Morgan fingerprint density at radius 3 is 2.52 bits per heavy atom. The summed E-state index contributed by atoms with van der Waals surface area (Å²) in [5, 5.41) is 0.739. The molecular formula is C27H31ClN2O3. The molecule has 2 aliphatic rings. The van der Waals surface area contributed by atoms with E-state index in [9.17, 15) is 9.59 Å². The summed E-state index contributed by atoms with van der Waals surface area (Å²) in [6.07, 6.45) is 7.02. The number of likely N-dealkylation sites (tertiary alicyclic amines) is 2. The lowest BCUT2D eigenvalue weighted by molar-refractivity contribution is -0.134. The van der Waals surface area contributed by atoms with E-state index in [-0.39, 0.29) is 11.9 Å². The number of ether oxygens (including phenoxy) is 1. The number of carbonyl (C=O) groups excluding carboxylic acids is 2. The first-order chi connectivity index (χ1) is 16.0. The van der Waals surface area contributed by atoms with Gasteiger partial charge in [-0.2, -0.15) is 0 Å². The van der Waals surface area contributed by atoms with E-state index in [0.717, 1.165) is 56.0 Å². The molecule has 0 radical (unpaired) electrons. The molecule has 0 bridgehead atoms. The van der Waals surface area contributed by atoms with E-state index in [2.05, 4.69) is 27.8 Å². The quantitative estimate of drug-likeness (QED) is 0.424. The van der Waals surface area contributed by atoms with Crippen molar-refractivity contribution in [3.63, 3.8) is 0 Å². The Bertz CT molecular complexity index is 1010. The Morgan fingerprint density at radius 2 is 1.85 bits per heavy atom. The van der Waals surface area contributed by atoms with Crippen molar-refractivity contribution in [2.45, 2.75) is 44.7 Å². The molecule has 0 aliphatic carbocycles. The lowest BCUT2D eigenvalue weighted by Crippen LogP contribution is -2.33. The van der Waals surface area contributed by atoms with E-state index >= 15 is 0 Å². The minimum Gasteiger partial charge on any atom is -0.466 e. The van der Waals surface area contributed by atoms with Gasteiger partial charge in [0.25, 0.3) is 0 Å². The number of benzene rings is 2. The number of esters is 1. The number of methoxy groups -OCH3 is 1. The van der Waals surface area contributed by atoms with Crippen molar-refractivity contribution in [3.8, 4) is 0 Å². The number of hydrogen-bond donors (Lipinski definition) is 0. The lowest BCUT2D eigenvalue weighted by atomic mass is 9.86. The molecule has 33 heavy (non-hydrogen) atoms. The topological polar surface area (TPSA) is 49.9 Å². The van der Waals surface area contributed by atoms with Gasteiger partial charge in [0, 0.05) is 37.2 Å². The third-order valence-corrected chi connectivity index (χ3v) is 6.90. The molecule has 2 fully saturated rings. The van der Waals surface area contributed by atoms with Crippen LogP contribution in [-0.4, -0.2) is 48.4 Å². The summed E-state index contributed by atoms with van der Waals surface area (Å²) in [6, 6.07) is 14.5. The van der Waals surface area contributed by atoms with Gasteiger partial charge in [0.2, 0.25) is 5.91 Å². The average molecular weight is 467 g/mol. The van der Waals surface area contributed by atoms with Crippen molar-refractivity contribution in [3.05, 3.63) is 75.8 Å². The fraction of sp³-hybridized carbons (Fsp3) is 0.407. The highest BCUT2D eigenvalue weighted by molar-refractivity contribution is 6.30. The second-order valence-electron chi connectivity index (χ2n) is 8.91. The van der Waals surface area contributed by atoms with E-state index < -0.39 is 0 Å². The molecule has 2 aromatic rings. The predicted octanol–water partition coefficient (Wildman–Crippen LogP) is 5.03. The van der Waals surface area contributed by atoms with Gasteiger partial charge in [0.15, 0.2) is 0 Å². The van der Waals surface area contributed by atoms with Crippen molar-refractivity contribution in [1.82, 2.24) is 9.80 Å². The van der Waals surface area contributed by atoms with E-state index in [1.165, 1.54) is 29.9 Å². The third-order valence-electron chi connectivity index (χ3n) is 6.66. The fourth-order valence-electron chi connectivity index (χ4n) is 4.81. The van der Waals surface area contributed by atoms with Crippen LogP contribution in [0.1, 0.15) is 53.9 Å². The Kier molecular flexibility index (Phi) is 7.84. The van der Waals surface area contributed by atoms with Gasteiger partial charge >= 0.3 is 5.97 Å². The second kappa shape index (κ2) is 11.0. The zero-order valence-corrected chi connectivity index (χ0v) is 19.9. The van der Waals surface area contributed by atoms with Gasteiger partial charge in [-0.05, 0) is 78.7 Å². The SMILES string of the molecule is COC(=O)/C=C/c1ccc(CN2CCC(c3ccc(Cl)cc3CN3CCCC3=O)CC2)cc1. The number of hydrogen-bond acceptors (Lipinski definition) is 4. The van der Waals surface area contributed by atoms with Crippen molar-refractivity contribution in [2.24, 2.45) is 0 Å². The standard InChI is InChI=1S/C27H31ClN2O3/c1-33-27(32)11-8-20-4-6-21(7-5-20)18-29-15-12-22(13-16-29)25-10-9-24(28)17-23(25)19-30-14-2-3-26(30)31/h4-11,17,22H,2-3,12-16,18-19H2,1H3/b11-8+. The largest absolute Gasteiger partial charge is 0.466 e. The number of rotatable bonds is 7. The maximum Gasteiger partial charge on any atom is 0.330 e. The first-order valence-electron chi connectivity index (χ1n) is 11.7. The van der Waals surface area contributed by atoms with E-state index in [1.54, 1.807) is 6.08 Å². The summed E-state index contributed by atoms with van der Waals surface area (Å²) in [6.45, 7) is 4.52. The van der Waals surface area contributed by atoms with Crippen molar-refractivity contribution in [2.75, 3.05) is 26.7 Å². The van der Waals surface area contributed by atoms with Crippen LogP contribution in [0.25, 0.3) is 6.08 Å². The van der Waals surface area contributed by atoms with Gasteiger partial charge < -0.3 is 9.64 Å². The molecule has 2 saturated heterocycles. The summed E-state index contributed by atoms with van der Waals surface area (Å²) < 4.78 is 4.63. The van der Waals surface area contributed by atoms with Crippen LogP contribution in [0.5, 0.6) is 0 Å². The highest BCUT2D eigenvalue weighted by atomic mass is 35.5. The fourth-order valence-corrected chi connectivity index (χ4v) is 5.01. The predicted molar refractivity (Wildman–Crippen MR) is 131 cm³/mol. The highest BCUT2D eigenvalue weighted by Crippen LogP contribution is 2.33. The van der Waals surface area contributed by atoms with Gasteiger partial charge in [0.1, 0.15) is 0 Å². The van der Waals surface area contributed by atoms with Crippen LogP contribution in [0.15, 0.2) is 48.5 Å². The molecule has 0 spiro atoms. The minimum atomic E-state index is -0.349. The van der Waals surface area contributed by atoms with E-state index in [1.807, 2.05) is 29.2 Å². The van der Waals surface area contributed by atoms with Crippen LogP contribution < -0.4 is 0 Å². The molecule has 174 valence electrons. The molecule has 0 unspecified atom stereocenters. The average Bonchev–Trinajstić information content (AvgIpc) is 3.23. The number of amides is 1. The Hall–Kier alpha value is -2.63. The molecule has 2 aromatic carbocycles. The molecule has 1 amide bonds. The maximum absolute atomic E-state index is 12.1. The van der Waals surface area contributed by atoms with E-state index in [0.29, 0.717) is 18.9 Å². The summed E-state index contributed by atoms with van der Waals surface area (Å²) >= 11 is 6.31. The molecule has 6 heteroatoms. The molecule has 0 aromatic heterocycles. The van der Waals surface area contributed by atoms with E-state index in [4.69, 9.17) is 11.6 Å². The molecule has 2 aliphatic heterocycles. The van der Waals surface area contributed by atoms with Crippen molar-refractivity contribution >= 4 is 29.6 Å². The van der Waals surface area contributed by atoms with Gasteiger partial charge in [0.05, 0.1) is 7.11 Å². The Labute approximate surface area is 201 Å². The summed E-state index contributed by atoms with van der Waals surface area (Å²) in [5.74, 6) is 0.400. The molecule has 4 rings (SSSR count). The number of nitrogens with zero attached hydrogens (tertiary/aromatic N) is 2. The lowest BCUT2D eigenvalue weighted by Gasteiger charge is -2.33. The summed E-state index contributed by atoms with van der Waals surface area (Å²) in [5.41, 5.74) is 4.80. The number of halogens is 1. The molecule has 5 nitrogen and oxygen atoms in total. The Balaban J connectivity index is 1.34. The highest BCUT2D eigenvalue weighted by Gasteiger charge is 2.25. The molecular weight excluding hydrogens is 436 g/mol. The van der Waals surface area contributed by atoms with Gasteiger partial charge in [-0.25, -0.2) is 4.79 Å². The van der Waals surface area contributed by atoms with Crippen LogP contribution in [-0.2, 0) is 27.4 Å². The molecule has 0 saturated carbocycles. The summed E-state index contributed by atoms with van der Waals surface area (Å²) in [4.78, 5) is 27.8. The zero-order valence-electron chi connectivity index (χ0n) is 19.1. The van der Waals surface area contributed by atoms with Crippen LogP contribution in [0, 0.1) is 0 Å². The van der Waals surface area contributed by atoms with Crippen molar-refractivity contribution < 1.29 is 14.3 Å². The van der Waals surface area contributed by atoms with Crippen LogP contribution in [0.4, 0.5) is 0 Å². The third kappa shape index (κ3) is 6.24. The smallest absolute Gasteiger partial charge is 0.330 e. The first-order valence-corrected chi connectivity index (χ1v) is 12.0. The van der Waals surface area contributed by atoms with Crippen LogP contribution in [0.3, 0.4) is 0 Å². The number of carbonyl (C=O) groups is 2. The molecule has 0 N–H and O–H groups in total. The Morgan fingerprint density at radius 1 is 1.09 bits per heavy atom. The summed E-state index contributed by atoms with van der Waals surface area (Å²) in [7, 11) is 1.38. The van der Waals surface area contributed by atoms with Crippen LogP contribution >= 0.6 is 11.6 Å². The molecule has 2 heterocycles. The zero-order chi connectivity index (χ0) is 23.2. The minimum absolute atomic E-state index is 0.252.